The highest BCUT2D eigenvalue weighted by molar-refractivity contribution is 5.99. The third kappa shape index (κ3) is 4.20. The van der Waals surface area contributed by atoms with Crippen molar-refractivity contribution in [2.75, 3.05) is 24.3 Å². The highest BCUT2D eigenvalue weighted by atomic mass is 16.5. The number of hydrogen-bond donors (Lipinski definition) is 5. The third-order valence-corrected chi connectivity index (χ3v) is 4.53. The van der Waals surface area contributed by atoms with Crippen LogP contribution in [0.4, 0.5) is 16.2 Å². The standard InChI is InChI=1S/C18H24N6O3/c1-27-18(26)22-10-6-7-11-13(9-10)21-8-4-2-3-5-12(19)17-23-14(11)15(24-17)16(20)25/h6-7,9,12,21H,2-5,8,19H2,1H3,(H2,20,25)(H,22,26)(H,23,24). The van der Waals surface area contributed by atoms with Crippen molar-refractivity contribution in [1.82, 2.24) is 9.97 Å². The Balaban J connectivity index is 2.09. The summed E-state index contributed by atoms with van der Waals surface area (Å²) in [5.41, 5.74) is 14.4. The molecule has 0 fully saturated rings. The van der Waals surface area contributed by atoms with Crippen molar-refractivity contribution >= 4 is 23.4 Å². The Bertz CT molecular complexity index is 848. The molecule has 0 radical (unpaired) electrons. The SMILES string of the molecule is COC(=O)Nc1ccc2c(c1)NCCCCCC(N)c1nc-2c(C(N)=O)[nH]1. The molecule has 9 nitrogen and oxygen atoms in total. The van der Waals surface area contributed by atoms with E-state index >= 15 is 0 Å². The van der Waals surface area contributed by atoms with E-state index in [0.29, 0.717) is 22.8 Å². The third-order valence-electron chi connectivity index (χ3n) is 4.53. The van der Waals surface area contributed by atoms with E-state index in [1.54, 1.807) is 18.2 Å². The summed E-state index contributed by atoms with van der Waals surface area (Å²) >= 11 is 0. The molecule has 0 saturated heterocycles. The van der Waals surface area contributed by atoms with Gasteiger partial charge < -0.3 is 26.5 Å². The van der Waals surface area contributed by atoms with Gasteiger partial charge in [-0.1, -0.05) is 12.8 Å². The maximum Gasteiger partial charge on any atom is 0.411 e. The van der Waals surface area contributed by atoms with E-state index in [9.17, 15) is 9.59 Å². The molecule has 1 atom stereocenters. The van der Waals surface area contributed by atoms with Crippen molar-refractivity contribution < 1.29 is 14.3 Å². The lowest BCUT2D eigenvalue weighted by molar-refractivity contribution is 0.0996. The molecule has 3 rings (SSSR count). The number of hydrogen-bond acceptors (Lipinski definition) is 6. The number of H-pyrrole nitrogens is 1. The number of amides is 2. The Morgan fingerprint density at radius 2 is 2.11 bits per heavy atom. The van der Waals surface area contributed by atoms with Crippen molar-refractivity contribution in [2.24, 2.45) is 11.5 Å². The second-order valence-electron chi connectivity index (χ2n) is 6.47. The lowest BCUT2D eigenvalue weighted by Gasteiger charge is -2.15. The number of carbonyl (C=O) groups excluding carboxylic acids is 2. The minimum Gasteiger partial charge on any atom is -0.453 e. The van der Waals surface area contributed by atoms with E-state index in [-0.39, 0.29) is 11.7 Å². The summed E-state index contributed by atoms with van der Waals surface area (Å²) in [4.78, 5) is 31.0. The number of rotatable bonds is 2. The van der Waals surface area contributed by atoms with Crippen LogP contribution >= 0.6 is 0 Å². The largest absolute Gasteiger partial charge is 0.453 e. The van der Waals surface area contributed by atoms with Gasteiger partial charge in [-0.2, -0.15) is 0 Å². The maximum atomic E-state index is 11.9. The van der Waals surface area contributed by atoms with Crippen LogP contribution in [0.25, 0.3) is 11.3 Å². The minimum atomic E-state index is -0.603. The van der Waals surface area contributed by atoms with E-state index in [4.69, 9.17) is 11.5 Å². The van der Waals surface area contributed by atoms with Gasteiger partial charge in [0.2, 0.25) is 0 Å². The molecule has 144 valence electrons. The van der Waals surface area contributed by atoms with Gasteiger partial charge in [0.05, 0.1) is 13.2 Å². The molecule has 2 aromatic rings. The number of aromatic nitrogens is 2. The quantitative estimate of drug-likeness (QED) is 0.546. The summed E-state index contributed by atoms with van der Waals surface area (Å²) in [5.74, 6) is -0.0596. The Morgan fingerprint density at radius 3 is 2.85 bits per heavy atom. The topological polar surface area (TPSA) is 148 Å². The van der Waals surface area contributed by atoms with Gasteiger partial charge in [0, 0.05) is 23.5 Å². The fraction of sp³-hybridized carbons (Fsp3) is 0.389. The molecule has 0 aliphatic carbocycles. The van der Waals surface area contributed by atoms with Gasteiger partial charge in [0.1, 0.15) is 17.2 Å². The highest BCUT2D eigenvalue weighted by Gasteiger charge is 2.22. The summed E-state index contributed by atoms with van der Waals surface area (Å²) in [6.45, 7) is 0.743. The number of nitrogens with zero attached hydrogens (tertiary/aromatic N) is 1. The van der Waals surface area contributed by atoms with E-state index < -0.39 is 12.0 Å². The van der Waals surface area contributed by atoms with Crippen LogP contribution in [0.1, 0.15) is 48.0 Å². The van der Waals surface area contributed by atoms with Crippen LogP contribution in [0.15, 0.2) is 18.2 Å². The monoisotopic (exact) mass is 372 g/mol. The first-order chi connectivity index (χ1) is 13.0. The van der Waals surface area contributed by atoms with Crippen LogP contribution in [0, 0.1) is 0 Å². The Labute approximate surface area is 156 Å². The van der Waals surface area contributed by atoms with E-state index in [1.807, 2.05) is 0 Å². The van der Waals surface area contributed by atoms with Crippen molar-refractivity contribution in [3.63, 3.8) is 0 Å². The van der Waals surface area contributed by atoms with Crippen LogP contribution in [-0.2, 0) is 4.74 Å². The second kappa shape index (κ2) is 8.09. The number of imidazole rings is 1. The lowest BCUT2D eigenvalue weighted by Crippen LogP contribution is -2.14. The first-order valence-electron chi connectivity index (χ1n) is 8.88. The smallest absolute Gasteiger partial charge is 0.411 e. The van der Waals surface area contributed by atoms with Crippen LogP contribution in [0.2, 0.25) is 0 Å². The molecule has 7 N–H and O–H groups in total. The number of anilines is 2. The number of ether oxygens (including phenoxy) is 1. The average Bonchev–Trinajstić information content (AvgIpc) is 3.09. The molecule has 1 aliphatic heterocycles. The Hall–Kier alpha value is -3.07. The first-order valence-corrected chi connectivity index (χ1v) is 8.88. The molecule has 2 amide bonds. The fourth-order valence-electron chi connectivity index (χ4n) is 3.11. The zero-order valence-corrected chi connectivity index (χ0v) is 15.2. The van der Waals surface area contributed by atoms with Gasteiger partial charge >= 0.3 is 6.09 Å². The molecular weight excluding hydrogens is 348 g/mol. The molecule has 0 spiro atoms. The normalized spacial score (nSPS) is 16.9. The molecule has 27 heavy (non-hydrogen) atoms. The molecule has 1 unspecified atom stereocenters. The molecule has 0 saturated carbocycles. The summed E-state index contributed by atoms with van der Waals surface area (Å²) in [7, 11) is 1.30. The fourth-order valence-corrected chi connectivity index (χ4v) is 3.11. The molecule has 2 bridgehead atoms. The number of carbonyl (C=O) groups is 2. The second-order valence-corrected chi connectivity index (χ2v) is 6.47. The van der Waals surface area contributed by atoms with E-state index in [0.717, 1.165) is 37.9 Å². The number of fused-ring (bicyclic) bond motifs is 4. The van der Waals surface area contributed by atoms with Crippen LogP contribution in [-0.4, -0.2) is 35.6 Å². The molecule has 1 aliphatic rings. The molecule has 9 heteroatoms. The van der Waals surface area contributed by atoms with Crippen LogP contribution in [0.5, 0.6) is 0 Å². The van der Waals surface area contributed by atoms with Crippen molar-refractivity contribution in [3.8, 4) is 11.3 Å². The van der Waals surface area contributed by atoms with Crippen LogP contribution in [0.3, 0.4) is 0 Å². The zero-order chi connectivity index (χ0) is 19.4. The number of nitrogens with one attached hydrogen (secondary N) is 3. The average molecular weight is 372 g/mol. The molecule has 1 aromatic heterocycles. The number of methoxy groups -OCH3 is 1. The highest BCUT2D eigenvalue weighted by Crippen LogP contribution is 2.33. The Morgan fingerprint density at radius 1 is 1.30 bits per heavy atom. The summed E-state index contributed by atoms with van der Waals surface area (Å²) in [5, 5.41) is 5.99. The predicted molar refractivity (Wildman–Crippen MR) is 102 cm³/mol. The van der Waals surface area contributed by atoms with E-state index in [2.05, 4.69) is 25.3 Å². The summed E-state index contributed by atoms with van der Waals surface area (Å²) in [6, 6.07) is 4.98. The van der Waals surface area contributed by atoms with Crippen LogP contribution < -0.4 is 22.1 Å². The van der Waals surface area contributed by atoms with Crippen molar-refractivity contribution in [3.05, 3.63) is 29.7 Å². The van der Waals surface area contributed by atoms with Gasteiger partial charge in [-0.15, -0.1) is 0 Å². The zero-order valence-electron chi connectivity index (χ0n) is 15.2. The first kappa shape index (κ1) is 18.7. The van der Waals surface area contributed by atoms with Crippen molar-refractivity contribution in [1.29, 1.82) is 0 Å². The minimum absolute atomic E-state index is 0.219. The van der Waals surface area contributed by atoms with Gasteiger partial charge in [0.25, 0.3) is 5.91 Å². The Kier molecular flexibility index (Phi) is 5.60. The van der Waals surface area contributed by atoms with E-state index in [1.165, 1.54) is 7.11 Å². The van der Waals surface area contributed by atoms with Crippen molar-refractivity contribution in [2.45, 2.75) is 31.7 Å². The summed E-state index contributed by atoms with van der Waals surface area (Å²) in [6.07, 6.45) is 3.17. The molecule has 2 heterocycles. The lowest BCUT2D eigenvalue weighted by atomic mass is 10.1. The maximum absolute atomic E-state index is 11.9. The molecule has 1 aromatic carbocycles. The van der Waals surface area contributed by atoms with Gasteiger partial charge in [0.15, 0.2) is 0 Å². The summed E-state index contributed by atoms with van der Waals surface area (Å²) < 4.78 is 4.63. The van der Waals surface area contributed by atoms with Gasteiger partial charge in [-0.05, 0) is 31.0 Å². The van der Waals surface area contributed by atoms with Gasteiger partial charge in [-0.3, -0.25) is 10.1 Å². The number of primary amides is 1. The number of benzene rings is 1. The van der Waals surface area contributed by atoms with Gasteiger partial charge in [-0.25, -0.2) is 9.78 Å². The number of aromatic amines is 1. The number of nitrogens with two attached hydrogens (primary N) is 2. The predicted octanol–water partition coefficient (Wildman–Crippen LogP) is 2.34. The molecular formula is C18H24N6O3.